The lowest BCUT2D eigenvalue weighted by Crippen LogP contribution is -2.41. The second-order valence-corrected chi connectivity index (χ2v) is 6.58. The first-order valence-corrected chi connectivity index (χ1v) is 7.61. The molecule has 0 amide bonds. The zero-order valence-electron chi connectivity index (χ0n) is 12.6. The number of rotatable bonds is 4. The summed E-state index contributed by atoms with van der Waals surface area (Å²) >= 11 is 0. The molecule has 0 bridgehead atoms. The largest absolute Gasteiger partial charge is 0.361 e. The molecule has 0 aliphatic carbocycles. The predicted molar refractivity (Wildman–Crippen MR) is 84.8 cm³/mol. The van der Waals surface area contributed by atoms with Gasteiger partial charge in [0.2, 0.25) is 0 Å². The van der Waals surface area contributed by atoms with Crippen LogP contribution in [-0.2, 0) is 6.54 Å². The zero-order valence-corrected chi connectivity index (χ0v) is 12.6. The van der Waals surface area contributed by atoms with Crippen LogP contribution < -0.4 is 5.32 Å². The SMILES string of the molecule is CN1CCC(C)(CNCc2cccc3cc[nH]c23)CC1. The van der Waals surface area contributed by atoms with Crippen molar-refractivity contribution in [2.75, 3.05) is 26.7 Å². The Hall–Kier alpha value is -1.32. The summed E-state index contributed by atoms with van der Waals surface area (Å²) < 4.78 is 0. The van der Waals surface area contributed by atoms with Gasteiger partial charge < -0.3 is 15.2 Å². The Kier molecular flexibility index (Phi) is 3.81. The van der Waals surface area contributed by atoms with Gasteiger partial charge in [0.15, 0.2) is 0 Å². The van der Waals surface area contributed by atoms with Crippen LogP contribution >= 0.6 is 0 Å². The van der Waals surface area contributed by atoms with Crippen molar-refractivity contribution in [2.45, 2.75) is 26.3 Å². The molecule has 1 saturated heterocycles. The number of hydrogen-bond donors (Lipinski definition) is 2. The highest BCUT2D eigenvalue weighted by molar-refractivity contribution is 5.82. The number of fused-ring (bicyclic) bond motifs is 1. The Balaban J connectivity index is 1.59. The molecule has 108 valence electrons. The van der Waals surface area contributed by atoms with Gasteiger partial charge in [0.05, 0.1) is 0 Å². The molecule has 3 rings (SSSR count). The van der Waals surface area contributed by atoms with Crippen LogP contribution in [0.15, 0.2) is 30.5 Å². The number of benzene rings is 1. The van der Waals surface area contributed by atoms with Gasteiger partial charge in [0.1, 0.15) is 0 Å². The van der Waals surface area contributed by atoms with Gasteiger partial charge in [0.25, 0.3) is 0 Å². The van der Waals surface area contributed by atoms with E-state index in [9.17, 15) is 0 Å². The van der Waals surface area contributed by atoms with E-state index in [0.717, 1.165) is 13.1 Å². The van der Waals surface area contributed by atoms with E-state index in [2.05, 4.69) is 53.4 Å². The smallest absolute Gasteiger partial charge is 0.0499 e. The van der Waals surface area contributed by atoms with E-state index in [1.54, 1.807) is 0 Å². The van der Waals surface area contributed by atoms with Crippen LogP contribution in [0.25, 0.3) is 10.9 Å². The lowest BCUT2D eigenvalue weighted by molar-refractivity contribution is 0.137. The average Bonchev–Trinajstić information content (AvgIpc) is 2.92. The number of hydrogen-bond acceptors (Lipinski definition) is 2. The Labute approximate surface area is 121 Å². The van der Waals surface area contributed by atoms with Crippen LogP contribution in [0.1, 0.15) is 25.3 Å². The monoisotopic (exact) mass is 271 g/mol. The molecule has 1 fully saturated rings. The average molecular weight is 271 g/mol. The van der Waals surface area contributed by atoms with Crippen molar-refractivity contribution in [3.05, 3.63) is 36.0 Å². The molecular formula is C17H25N3. The summed E-state index contributed by atoms with van der Waals surface area (Å²) in [7, 11) is 2.22. The van der Waals surface area contributed by atoms with E-state index >= 15 is 0 Å². The number of piperidine rings is 1. The molecule has 20 heavy (non-hydrogen) atoms. The lowest BCUT2D eigenvalue weighted by Gasteiger charge is -2.38. The Bertz CT molecular complexity index is 564. The van der Waals surface area contributed by atoms with Gasteiger partial charge in [-0.05, 0) is 55.4 Å². The van der Waals surface area contributed by atoms with Gasteiger partial charge in [0, 0.05) is 24.8 Å². The van der Waals surface area contributed by atoms with E-state index in [0.29, 0.717) is 5.41 Å². The van der Waals surface area contributed by atoms with Gasteiger partial charge in [-0.3, -0.25) is 0 Å². The first-order valence-electron chi connectivity index (χ1n) is 7.61. The van der Waals surface area contributed by atoms with Crippen molar-refractivity contribution in [1.82, 2.24) is 15.2 Å². The molecule has 3 nitrogen and oxygen atoms in total. The third-order valence-corrected chi connectivity index (χ3v) is 4.73. The van der Waals surface area contributed by atoms with E-state index < -0.39 is 0 Å². The van der Waals surface area contributed by atoms with Crippen LogP contribution in [0.4, 0.5) is 0 Å². The molecular weight excluding hydrogens is 246 g/mol. The molecule has 1 aliphatic heterocycles. The van der Waals surface area contributed by atoms with E-state index in [-0.39, 0.29) is 0 Å². The minimum atomic E-state index is 0.455. The number of nitrogens with one attached hydrogen (secondary N) is 2. The first kappa shape index (κ1) is 13.7. The molecule has 0 atom stereocenters. The summed E-state index contributed by atoms with van der Waals surface area (Å²) in [6.45, 7) is 6.93. The minimum absolute atomic E-state index is 0.455. The molecule has 1 aromatic heterocycles. The first-order chi connectivity index (χ1) is 9.66. The summed E-state index contributed by atoms with van der Waals surface area (Å²) in [6.07, 6.45) is 4.61. The standard InChI is InChI=1S/C17H25N3/c1-17(7-10-20(2)11-8-17)13-18-12-15-5-3-4-14-6-9-19-16(14)15/h3-6,9,18-19H,7-8,10-13H2,1-2H3. The van der Waals surface area contributed by atoms with Crippen LogP contribution in [-0.4, -0.2) is 36.6 Å². The van der Waals surface area contributed by atoms with Crippen LogP contribution in [0.2, 0.25) is 0 Å². The number of para-hydroxylation sites is 1. The van der Waals surface area contributed by atoms with Gasteiger partial charge in [-0.15, -0.1) is 0 Å². The number of H-pyrrole nitrogens is 1. The Morgan fingerprint density at radius 3 is 2.85 bits per heavy atom. The molecule has 0 spiro atoms. The van der Waals surface area contributed by atoms with Crippen molar-refractivity contribution in [2.24, 2.45) is 5.41 Å². The third-order valence-electron chi connectivity index (χ3n) is 4.73. The van der Waals surface area contributed by atoms with Gasteiger partial charge in [-0.2, -0.15) is 0 Å². The molecule has 3 heteroatoms. The van der Waals surface area contributed by atoms with E-state index in [4.69, 9.17) is 0 Å². The van der Waals surface area contributed by atoms with Gasteiger partial charge in [-0.25, -0.2) is 0 Å². The van der Waals surface area contributed by atoms with Crippen molar-refractivity contribution in [1.29, 1.82) is 0 Å². The van der Waals surface area contributed by atoms with Gasteiger partial charge in [-0.1, -0.05) is 25.1 Å². The maximum Gasteiger partial charge on any atom is 0.0499 e. The molecule has 2 aromatic rings. The maximum atomic E-state index is 3.67. The zero-order chi connectivity index (χ0) is 14.0. The van der Waals surface area contributed by atoms with Crippen LogP contribution in [0.5, 0.6) is 0 Å². The highest BCUT2D eigenvalue weighted by Crippen LogP contribution is 2.29. The highest BCUT2D eigenvalue weighted by Gasteiger charge is 2.28. The number of aromatic amines is 1. The fraction of sp³-hybridized carbons (Fsp3) is 0.529. The minimum Gasteiger partial charge on any atom is -0.361 e. The normalized spacial score (nSPS) is 19.5. The van der Waals surface area contributed by atoms with Crippen molar-refractivity contribution >= 4 is 10.9 Å². The van der Waals surface area contributed by atoms with Crippen LogP contribution in [0.3, 0.4) is 0 Å². The molecule has 2 heterocycles. The fourth-order valence-corrected chi connectivity index (χ4v) is 3.13. The Morgan fingerprint density at radius 2 is 2.05 bits per heavy atom. The summed E-state index contributed by atoms with van der Waals surface area (Å²) in [5.74, 6) is 0. The highest BCUT2D eigenvalue weighted by atomic mass is 15.1. The van der Waals surface area contributed by atoms with E-state index in [1.165, 1.54) is 42.4 Å². The van der Waals surface area contributed by atoms with E-state index in [1.807, 2.05) is 6.20 Å². The molecule has 1 aromatic carbocycles. The quantitative estimate of drug-likeness (QED) is 0.895. The topological polar surface area (TPSA) is 31.1 Å². The number of aromatic nitrogens is 1. The Morgan fingerprint density at radius 1 is 1.25 bits per heavy atom. The lowest BCUT2D eigenvalue weighted by atomic mass is 9.80. The van der Waals surface area contributed by atoms with Crippen molar-refractivity contribution in [3.63, 3.8) is 0 Å². The number of likely N-dealkylation sites (tertiary alicyclic amines) is 1. The molecule has 0 radical (unpaired) electrons. The molecule has 0 saturated carbocycles. The maximum absolute atomic E-state index is 3.67. The molecule has 1 aliphatic rings. The number of nitrogens with zero attached hydrogens (tertiary/aromatic N) is 1. The predicted octanol–water partition coefficient (Wildman–Crippen LogP) is 2.99. The third kappa shape index (κ3) is 2.89. The molecule has 2 N–H and O–H groups in total. The van der Waals surface area contributed by atoms with Gasteiger partial charge >= 0.3 is 0 Å². The second-order valence-electron chi connectivity index (χ2n) is 6.58. The fourth-order valence-electron chi connectivity index (χ4n) is 3.13. The molecule has 0 unspecified atom stereocenters. The summed E-state index contributed by atoms with van der Waals surface area (Å²) in [5, 5.41) is 4.97. The second kappa shape index (κ2) is 5.58. The van der Waals surface area contributed by atoms with Crippen molar-refractivity contribution in [3.8, 4) is 0 Å². The summed E-state index contributed by atoms with van der Waals surface area (Å²) in [6, 6.07) is 8.65. The summed E-state index contributed by atoms with van der Waals surface area (Å²) in [4.78, 5) is 5.78. The van der Waals surface area contributed by atoms with Crippen LogP contribution in [0, 0.1) is 5.41 Å². The summed E-state index contributed by atoms with van der Waals surface area (Å²) in [5.41, 5.74) is 3.09. The van der Waals surface area contributed by atoms with Crippen molar-refractivity contribution < 1.29 is 0 Å².